The lowest BCUT2D eigenvalue weighted by molar-refractivity contribution is -0.870. The number of carbonyl (C=O) groups excluding carboxylic acids is 1. The number of nitrogens with zero attached hydrogens (tertiary/aromatic N) is 1. The molecule has 404 valence electrons. The zero-order chi connectivity index (χ0) is 49.8. The normalized spacial score (nSPS) is 13.6. The van der Waals surface area contributed by atoms with Gasteiger partial charge in [-0.25, -0.2) is 0 Å². The van der Waals surface area contributed by atoms with E-state index in [1.165, 1.54) is 231 Å². The molecule has 0 radical (unpaired) electrons. The molecule has 0 aromatic carbocycles. The average Bonchev–Trinajstić information content (AvgIpc) is 3.30. The Morgan fingerprint density at radius 2 is 0.809 bits per heavy atom. The SMILES string of the molecule is CCCCCCC/C=C\C/C=C\CCCCCCCCCCCCOCC(COP(=O)([O-])OCC[N+](C)(C)C)OC(=O)CCCCCCCCCCCCCCCCCCCCCCCCCC. The number of allylic oxidation sites excluding steroid dienone is 4. The highest BCUT2D eigenvalue weighted by molar-refractivity contribution is 7.45. The highest BCUT2D eigenvalue weighted by Crippen LogP contribution is 2.38. The standard InChI is InChI=1S/C59H116NO7P/c1-6-8-10-12-14-16-18-20-22-24-26-28-30-31-32-34-36-38-40-42-44-46-48-50-52-59(61)67-58(57-66-68(62,63)65-55-53-60(3,4)5)56-64-54-51-49-47-45-43-41-39-37-35-33-29-27-25-23-21-19-17-15-13-11-9-7-2/h19,21,25,27,58H,6-18,20,22-24,26,28-57H2,1-5H3/b21-19-,27-25-. The van der Waals surface area contributed by atoms with Gasteiger partial charge in [0.1, 0.15) is 19.3 Å². The van der Waals surface area contributed by atoms with Gasteiger partial charge < -0.3 is 27.9 Å². The quantitative estimate of drug-likeness (QED) is 0.0197. The minimum Gasteiger partial charge on any atom is -0.756 e. The van der Waals surface area contributed by atoms with Gasteiger partial charge in [-0.15, -0.1) is 0 Å². The van der Waals surface area contributed by atoms with E-state index in [1.54, 1.807) is 0 Å². The molecule has 0 saturated carbocycles. The van der Waals surface area contributed by atoms with Gasteiger partial charge in [-0.2, -0.15) is 0 Å². The number of esters is 1. The highest BCUT2D eigenvalue weighted by atomic mass is 31.2. The smallest absolute Gasteiger partial charge is 0.306 e. The summed E-state index contributed by atoms with van der Waals surface area (Å²) in [4.78, 5) is 25.3. The monoisotopic (exact) mass is 982 g/mol. The first-order chi connectivity index (χ1) is 33.1. The van der Waals surface area contributed by atoms with Gasteiger partial charge >= 0.3 is 5.97 Å². The van der Waals surface area contributed by atoms with Crippen molar-refractivity contribution < 1.29 is 37.3 Å². The molecule has 0 amide bonds. The second kappa shape index (κ2) is 52.3. The Kier molecular flexibility index (Phi) is 51.5. The number of rotatable bonds is 56. The zero-order valence-electron chi connectivity index (χ0n) is 46.1. The number of unbranched alkanes of at least 4 members (excludes halogenated alkanes) is 38. The van der Waals surface area contributed by atoms with Crippen LogP contribution in [0, 0.1) is 0 Å². The molecule has 2 atom stereocenters. The van der Waals surface area contributed by atoms with Crippen LogP contribution in [-0.2, 0) is 27.9 Å². The van der Waals surface area contributed by atoms with Crippen molar-refractivity contribution in [1.82, 2.24) is 0 Å². The fourth-order valence-corrected chi connectivity index (χ4v) is 9.43. The maximum absolute atomic E-state index is 12.8. The van der Waals surface area contributed by atoms with E-state index in [-0.39, 0.29) is 25.8 Å². The molecule has 0 aliphatic carbocycles. The number of hydrogen-bond donors (Lipinski definition) is 0. The largest absolute Gasteiger partial charge is 0.756 e. The van der Waals surface area contributed by atoms with Gasteiger partial charge in [0.2, 0.25) is 0 Å². The van der Waals surface area contributed by atoms with Gasteiger partial charge in [-0.05, 0) is 44.9 Å². The third-order valence-corrected chi connectivity index (χ3v) is 14.2. The maximum Gasteiger partial charge on any atom is 0.306 e. The molecule has 68 heavy (non-hydrogen) atoms. The molecule has 0 aromatic heterocycles. The number of phosphoric acid groups is 1. The fraction of sp³-hybridized carbons (Fsp3) is 0.915. The lowest BCUT2D eigenvalue weighted by Gasteiger charge is -2.28. The van der Waals surface area contributed by atoms with Gasteiger partial charge in [0.15, 0.2) is 0 Å². The third-order valence-electron chi connectivity index (χ3n) is 13.3. The predicted octanol–water partition coefficient (Wildman–Crippen LogP) is 18.0. The van der Waals surface area contributed by atoms with E-state index in [4.69, 9.17) is 18.5 Å². The van der Waals surface area contributed by atoms with Crippen LogP contribution in [0.1, 0.15) is 290 Å². The Bertz CT molecular complexity index is 1140. The van der Waals surface area contributed by atoms with Crippen molar-refractivity contribution in [2.75, 3.05) is 54.1 Å². The maximum atomic E-state index is 12.8. The number of hydrogen-bond acceptors (Lipinski definition) is 7. The molecule has 0 aromatic rings. The second-order valence-electron chi connectivity index (χ2n) is 21.4. The van der Waals surface area contributed by atoms with Crippen molar-refractivity contribution >= 4 is 13.8 Å². The molecule has 9 heteroatoms. The van der Waals surface area contributed by atoms with E-state index in [0.717, 1.165) is 38.5 Å². The molecule has 0 fully saturated rings. The zero-order valence-corrected chi connectivity index (χ0v) is 47.0. The van der Waals surface area contributed by atoms with Crippen LogP contribution < -0.4 is 4.89 Å². The molecule has 0 aliphatic rings. The summed E-state index contributed by atoms with van der Waals surface area (Å²) < 4.78 is 34.9. The number of quaternary nitrogens is 1. The number of phosphoric ester groups is 1. The Morgan fingerprint density at radius 3 is 1.19 bits per heavy atom. The fourth-order valence-electron chi connectivity index (χ4n) is 8.70. The van der Waals surface area contributed by atoms with E-state index >= 15 is 0 Å². The van der Waals surface area contributed by atoms with E-state index in [2.05, 4.69) is 38.2 Å². The van der Waals surface area contributed by atoms with Crippen LogP contribution in [0.5, 0.6) is 0 Å². The molecule has 2 unspecified atom stereocenters. The van der Waals surface area contributed by atoms with E-state index in [1.807, 2.05) is 21.1 Å². The first-order valence-electron chi connectivity index (χ1n) is 29.6. The summed E-state index contributed by atoms with van der Waals surface area (Å²) in [5.41, 5.74) is 0. The Hall–Kier alpha value is -1.02. The Morgan fingerprint density at radius 1 is 0.456 bits per heavy atom. The van der Waals surface area contributed by atoms with Crippen LogP contribution in [0.3, 0.4) is 0 Å². The lowest BCUT2D eigenvalue weighted by Crippen LogP contribution is -2.37. The molecule has 0 rings (SSSR count). The average molecular weight is 983 g/mol. The van der Waals surface area contributed by atoms with Crippen LogP contribution in [0.4, 0.5) is 0 Å². The molecule has 0 heterocycles. The number of carbonyl (C=O) groups is 1. The molecule has 0 aliphatic heterocycles. The molecule has 8 nitrogen and oxygen atoms in total. The summed E-state index contributed by atoms with van der Waals surface area (Å²) in [7, 11) is 1.37. The van der Waals surface area contributed by atoms with Gasteiger partial charge in [0.25, 0.3) is 7.82 Å². The molecule has 0 saturated heterocycles. The van der Waals surface area contributed by atoms with Crippen molar-refractivity contribution in [1.29, 1.82) is 0 Å². The summed E-state index contributed by atoms with van der Waals surface area (Å²) in [6.07, 6.45) is 63.6. The summed E-state index contributed by atoms with van der Waals surface area (Å²) in [5.74, 6) is -0.327. The first kappa shape index (κ1) is 67.0. The molecule has 0 N–H and O–H groups in total. The van der Waals surface area contributed by atoms with Crippen molar-refractivity contribution in [2.45, 2.75) is 296 Å². The minimum atomic E-state index is -4.53. The Labute approximate surface area is 423 Å². The van der Waals surface area contributed by atoms with E-state index in [0.29, 0.717) is 24.1 Å². The predicted molar refractivity (Wildman–Crippen MR) is 291 cm³/mol. The second-order valence-corrected chi connectivity index (χ2v) is 22.8. The summed E-state index contributed by atoms with van der Waals surface area (Å²) in [5, 5.41) is 0. The molecule has 0 spiro atoms. The van der Waals surface area contributed by atoms with Crippen LogP contribution in [0.25, 0.3) is 0 Å². The highest BCUT2D eigenvalue weighted by Gasteiger charge is 2.20. The van der Waals surface area contributed by atoms with Crippen molar-refractivity contribution in [3.05, 3.63) is 24.3 Å². The summed E-state index contributed by atoms with van der Waals surface area (Å²) in [6.45, 7) is 5.46. The number of ether oxygens (including phenoxy) is 2. The minimum absolute atomic E-state index is 0.0282. The Balaban J connectivity index is 4.03. The van der Waals surface area contributed by atoms with Crippen LogP contribution in [0.15, 0.2) is 24.3 Å². The topological polar surface area (TPSA) is 94.1 Å². The first-order valence-corrected chi connectivity index (χ1v) is 31.0. The van der Waals surface area contributed by atoms with Gasteiger partial charge in [-0.1, -0.05) is 263 Å². The summed E-state index contributed by atoms with van der Waals surface area (Å²) >= 11 is 0. The summed E-state index contributed by atoms with van der Waals surface area (Å²) in [6, 6.07) is 0. The van der Waals surface area contributed by atoms with Crippen molar-refractivity contribution in [3.63, 3.8) is 0 Å². The van der Waals surface area contributed by atoms with E-state index in [9.17, 15) is 14.3 Å². The van der Waals surface area contributed by atoms with Gasteiger partial charge in [0, 0.05) is 13.0 Å². The van der Waals surface area contributed by atoms with Gasteiger partial charge in [0.05, 0.1) is 34.4 Å². The van der Waals surface area contributed by atoms with Crippen LogP contribution in [-0.4, -0.2) is 70.7 Å². The van der Waals surface area contributed by atoms with Crippen molar-refractivity contribution in [3.8, 4) is 0 Å². The molecule has 0 bridgehead atoms. The molecular weight excluding hydrogens is 866 g/mol. The van der Waals surface area contributed by atoms with Crippen LogP contribution in [0.2, 0.25) is 0 Å². The van der Waals surface area contributed by atoms with Crippen molar-refractivity contribution in [2.24, 2.45) is 0 Å². The molecular formula is C59H116NO7P. The van der Waals surface area contributed by atoms with Crippen LogP contribution >= 0.6 is 7.82 Å². The van der Waals surface area contributed by atoms with E-state index < -0.39 is 13.9 Å². The van der Waals surface area contributed by atoms with Gasteiger partial charge in [-0.3, -0.25) is 9.36 Å². The third kappa shape index (κ3) is 55.9. The lowest BCUT2D eigenvalue weighted by atomic mass is 10.0. The number of likely N-dealkylation sites (N-methyl/N-ethyl adjacent to an activating group) is 1.